The Bertz CT molecular complexity index is 948. The van der Waals surface area contributed by atoms with E-state index in [-0.39, 0.29) is 11.4 Å². The average Bonchev–Trinajstić information content (AvgIpc) is 3.18. The van der Waals surface area contributed by atoms with Crippen molar-refractivity contribution in [3.8, 4) is 0 Å². The largest absolute Gasteiger partial charge is 0.450 e. The third-order valence-electron chi connectivity index (χ3n) is 3.26. The van der Waals surface area contributed by atoms with Crippen molar-refractivity contribution < 1.29 is 9.21 Å². The molecule has 0 aliphatic carbocycles. The summed E-state index contributed by atoms with van der Waals surface area (Å²) in [6.45, 7) is 0. The lowest BCUT2D eigenvalue weighted by atomic mass is 10.1. The van der Waals surface area contributed by atoms with Gasteiger partial charge in [-0.15, -0.1) is 0 Å². The number of nitrogens with one attached hydrogen (secondary N) is 1. The van der Waals surface area contributed by atoms with Crippen LogP contribution in [0, 0.1) is 5.41 Å². The second-order valence-electron chi connectivity index (χ2n) is 4.80. The molecule has 0 atom stereocenters. The summed E-state index contributed by atoms with van der Waals surface area (Å²) in [5.41, 5.74) is 0.980. The summed E-state index contributed by atoms with van der Waals surface area (Å²) in [6.07, 6.45) is 4.81. The summed E-state index contributed by atoms with van der Waals surface area (Å²) in [5.74, 6) is -0.0645. The zero-order valence-electron chi connectivity index (χ0n) is 11.9. The normalized spacial score (nSPS) is 18.7. The van der Waals surface area contributed by atoms with Gasteiger partial charge in [0.15, 0.2) is 10.5 Å². The highest BCUT2D eigenvalue weighted by molar-refractivity contribution is 9.10. The first-order chi connectivity index (χ1) is 11.6. The van der Waals surface area contributed by atoms with E-state index in [1.54, 1.807) is 24.5 Å². The molecule has 9 heteroatoms. The number of carbonyl (C=O) groups excluding carboxylic acids is 1. The van der Waals surface area contributed by atoms with Gasteiger partial charge < -0.3 is 4.42 Å². The molecule has 0 spiro atoms. The molecule has 0 aromatic carbocycles. The first kappa shape index (κ1) is 15.0. The number of hydrogen-bond acceptors (Lipinski definition) is 6. The predicted molar refractivity (Wildman–Crippen MR) is 94.8 cm³/mol. The minimum absolute atomic E-state index is 0.0333. The molecule has 7 nitrogen and oxygen atoms in total. The van der Waals surface area contributed by atoms with E-state index in [0.29, 0.717) is 20.6 Å². The van der Waals surface area contributed by atoms with E-state index in [9.17, 15) is 4.79 Å². The van der Waals surface area contributed by atoms with Gasteiger partial charge in [0, 0.05) is 18.0 Å². The van der Waals surface area contributed by atoms with Crippen LogP contribution in [0.3, 0.4) is 0 Å². The molecule has 4 heterocycles. The van der Waals surface area contributed by atoms with Crippen LogP contribution in [0.25, 0.3) is 6.08 Å². The van der Waals surface area contributed by atoms with E-state index in [2.05, 4.69) is 31.0 Å². The quantitative estimate of drug-likeness (QED) is 0.779. The van der Waals surface area contributed by atoms with Crippen LogP contribution in [-0.4, -0.2) is 31.9 Å². The highest BCUT2D eigenvalue weighted by Gasteiger charge is 2.36. The minimum Gasteiger partial charge on any atom is -0.450 e. The van der Waals surface area contributed by atoms with Gasteiger partial charge in [-0.1, -0.05) is 0 Å². The number of carbonyl (C=O) groups is 1. The van der Waals surface area contributed by atoms with Gasteiger partial charge in [-0.3, -0.25) is 15.2 Å². The second-order valence-corrected chi connectivity index (χ2v) is 6.54. The fraction of sp³-hybridized carbons (Fsp3) is 0. The maximum absolute atomic E-state index is 12.3. The fourth-order valence-corrected chi connectivity index (χ4v) is 3.37. The van der Waals surface area contributed by atoms with Crippen LogP contribution in [0.5, 0.6) is 0 Å². The third-order valence-corrected chi connectivity index (χ3v) is 4.65. The van der Waals surface area contributed by atoms with Crippen LogP contribution >= 0.6 is 27.7 Å². The minimum atomic E-state index is -0.488. The SMILES string of the molecule is N=C1/C(=C/c2ccc(Br)o2)C(=O)N=C2SC(c3ccncc3)=NN12. The molecule has 0 unspecified atom stereocenters. The van der Waals surface area contributed by atoms with Crippen molar-refractivity contribution in [2.24, 2.45) is 10.1 Å². The number of halogens is 1. The van der Waals surface area contributed by atoms with E-state index in [1.165, 1.54) is 22.8 Å². The van der Waals surface area contributed by atoms with Gasteiger partial charge in [-0.25, -0.2) is 0 Å². The molecule has 2 aliphatic heterocycles. The average molecular weight is 402 g/mol. The van der Waals surface area contributed by atoms with Crippen molar-refractivity contribution in [2.75, 3.05) is 0 Å². The molecule has 1 amide bonds. The number of fused-ring (bicyclic) bond motifs is 1. The second kappa shape index (κ2) is 5.84. The number of hydrazone groups is 1. The summed E-state index contributed by atoms with van der Waals surface area (Å²) in [6, 6.07) is 7.03. The first-order valence-electron chi connectivity index (χ1n) is 6.78. The molecule has 0 saturated heterocycles. The Hall–Kier alpha value is -2.52. The van der Waals surface area contributed by atoms with Gasteiger partial charge in [0.25, 0.3) is 5.91 Å². The van der Waals surface area contributed by atoms with Gasteiger partial charge in [-0.2, -0.15) is 15.1 Å². The molecule has 24 heavy (non-hydrogen) atoms. The van der Waals surface area contributed by atoms with E-state index in [0.717, 1.165) is 5.56 Å². The highest BCUT2D eigenvalue weighted by atomic mass is 79.9. The first-order valence-corrected chi connectivity index (χ1v) is 8.39. The van der Waals surface area contributed by atoms with E-state index >= 15 is 0 Å². The zero-order chi connectivity index (χ0) is 16.7. The predicted octanol–water partition coefficient (Wildman–Crippen LogP) is 3.10. The number of amidine groups is 2. The Kier molecular flexibility index (Phi) is 3.66. The third kappa shape index (κ3) is 2.61. The van der Waals surface area contributed by atoms with Crippen molar-refractivity contribution in [3.63, 3.8) is 0 Å². The van der Waals surface area contributed by atoms with Gasteiger partial charge >= 0.3 is 0 Å². The molecular formula is C15H8BrN5O2S. The Morgan fingerprint density at radius 2 is 2.04 bits per heavy atom. The number of aliphatic imine (C=N–C) groups is 1. The number of amides is 1. The topological polar surface area (TPSA) is 94.9 Å². The summed E-state index contributed by atoms with van der Waals surface area (Å²) in [4.78, 5) is 20.2. The molecule has 0 radical (unpaired) electrons. The van der Waals surface area contributed by atoms with Crippen LogP contribution in [0.4, 0.5) is 0 Å². The van der Waals surface area contributed by atoms with E-state index in [4.69, 9.17) is 9.83 Å². The maximum Gasteiger partial charge on any atom is 0.283 e. The summed E-state index contributed by atoms with van der Waals surface area (Å²) < 4.78 is 5.91. The molecule has 0 fully saturated rings. The standard InChI is InChI=1S/C15H8BrN5O2S/c16-11-2-1-9(23-11)7-10-12(17)21-15(19-13(10)22)24-14(20-21)8-3-5-18-6-4-8/h1-7,17H/b10-7-,17-12?. The van der Waals surface area contributed by atoms with Crippen molar-refractivity contribution >= 4 is 55.7 Å². The maximum atomic E-state index is 12.3. The number of pyridine rings is 1. The van der Waals surface area contributed by atoms with Crippen molar-refractivity contribution in [2.45, 2.75) is 0 Å². The number of furan rings is 1. The van der Waals surface area contributed by atoms with Crippen LogP contribution in [0.2, 0.25) is 0 Å². The van der Waals surface area contributed by atoms with E-state index < -0.39 is 5.91 Å². The number of hydrogen-bond donors (Lipinski definition) is 1. The Labute approximate surface area is 148 Å². The number of nitrogens with zero attached hydrogens (tertiary/aromatic N) is 4. The van der Waals surface area contributed by atoms with Crippen molar-refractivity contribution in [1.82, 2.24) is 9.99 Å². The molecule has 118 valence electrons. The lowest BCUT2D eigenvalue weighted by Gasteiger charge is -2.19. The molecule has 1 N–H and O–H groups in total. The Morgan fingerprint density at radius 1 is 1.25 bits per heavy atom. The molecule has 2 aromatic rings. The van der Waals surface area contributed by atoms with Crippen LogP contribution < -0.4 is 0 Å². The van der Waals surface area contributed by atoms with Crippen LogP contribution in [-0.2, 0) is 4.79 Å². The number of rotatable bonds is 2. The Morgan fingerprint density at radius 3 is 2.75 bits per heavy atom. The monoisotopic (exact) mass is 401 g/mol. The van der Waals surface area contributed by atoms with Gasteiger partial charge in [0.1, 0.15) is 10.8 Å². The van der Waals surface area contributed by atoms with Gasteiger partial charge in [0.2, 0.25) is 5.17 Å². The summed E-state index contributed by atoms with van der Waals surface area (Å²) in [5, 5.41) is 15.1. The lowest BCUT2D eigenvalue weighted by Crippen LogP contribution is -2.35. The van der Waals surface area contributed by atoms with Crippen molar-refractivity contribution in [3.05, 3.63) is 58.2 Å². The fourth-order valence-electron chi connectivity index (χ4n) is 2.15. The molecule has 4 rings (SSSR count). The smallest absolute Gasteiger partial charge is 0.283 e. The van der Waals surface area contributed by atoms with Crippen molar-refractivity contribution in [1.29, 1.82) is 5.41 Å². The molecule has 2 aromatic heterocycles. The Balaban J connectivity index is 1.70. The van der Waals surface area contributed by atoms with Gasteiger partial charge in [0.05, 0.1) is 5.57 Å². The number of thioether (sulfide) groups is 1. The molecule has 2 aliphatic rings. The summed E-state index contributed by atoms with van der Waals surface area (Å²) >= 11 is 4.45. The molecular weight excluding hydrogens is 394 g/mol. The van der Waals surface area contributed by atoms with E-state index in [1.807, 2.05) is 12.1 Å². The van der Waals surface area contributed by atoms with Gasteiger partial charge in [-0.05, 0) is 58.0 Å². The number of aromatic nitrogens is 1. The lowest BCUT2D eigenvalue weighted by molar-refractivity contribution is -0.114. The van der Waals surface area contributed by atoms with Crippen LogP contribution in [0.1, 0.15) is 11.3 Å². The molecule has 0 bridgehead atoms. The zero-order valence-corrected chi connectivity index (χ0v) is 14.3. The van der Waals surface area contributed by atoms with Crippen LogP contribution in [0.15, 0.2) is 61.4 Å². The highest BCUT2D eigenvalue weighted by Crippen LogP contribution is 2.31. The molecule has 0 saturated carbocycles. The summed E-state index contributed by atoms with van der Waals surface area (Å²) in [7, 11) is 0.